The van der Waals surface area contributed by atoms with Crippen molar-refractivity contribution in [3.63, 3.8) is 0 Å². The first kappa shape index (κ1) is 21.1. The van der Waals surface area contributed by atoms with Gasteiger partial charge < -0.3 is 14.0 Å². The minimum Gasteiger partial charge on any atom is -0.466 e. The molecule has 0 aliphatic heterocycles. The van der Waals surface area contributed by atoms with Crippen molar-refractivity contribution in [2.45, 2.75) is 19.8 Å². The van der Waals surface area contributed by atoms with E-state index in [1.165, 1.54) is 0 Å². The molecule has 0 N–H and O–H groups in total. The second-order valence-electron chi connectivity index (χ2n) is 6.51. The number of aromatic nitrogens is 2. The van der Waals surface area contributed by atoms with Crippen molar-refractivity contribution in [1.82, 2.24) is 14.3 Å². The van der Waals surface area contributed by atoms with Crippen LogP contribution in [0.5, 0.6) is 0 Å². The molecule has 0 saturated carbocycles. The van der Waals surface area contributed by atoms with Gasteiger partial charge in [0.05, 0.1) is 29.4 Å². The number of benzene rings is 1. The Morgan fingerprint density at radius 3 is 2.55 bits per heavy atom. The molecule has 29 heavy (non-hydrogen) atoms. The fraction of sp³-hybridized carbons (Fsp3) is 0.286. The molecule has 0 radical (unpaired) electrons. The van der Waals surface area contributed by atoms with Crippen LogP contribution in [-0.4, -0.2) is 46.4 Å². The molecule has 3 aromatic rings. The van der Waals surface area contributed by atoms with Gasteiger partial charge in [0.1, 0.15) is 12.3 Å². The van der Waals surface area contributed by atoms with Crippen molar-refractivity contribution in [2.24, 2.45) is 0 Å². The summed E-state index contributed by atoms with van der Waals surface area (Å²) in [5.74, 6) is -0.0710. The molecular weight excluding hydrogens is 413 g/mol. The van der Waals surface area contributed by atoms with E-state index in [0.29, 0.717) is 40.9 Å². The molecule has 8 heteroatoms. The average molecular weight is 434 g/mol. The zero-order valence-corrected chi connectivity index (χ0v) is 17.5. The van der Waals surface area contributed by atoms with Crippen molar-refractivity contribution in [1.29, 1.82) is 0 Å². The number of rotatable bonds is 9. The molecule has 2 heterocycles. The third-order valence-corrected chi connectivity index (χ3v) is 4.99. The maximum absolute atomic E-state index is 13.0. The molecular formula is C21H21Cl2N3O3. The van der Waals surface area contributed by atoms with Crippen molar-refractivity contribution in [2.75, 3.05) is 19.7 Å². The molecule has 6 nitrogen and oxygen atoms in total. The van der Waals surface area contributed by atoms with Crippen molar-refractivity contribution in [3.05, 3.63) is 58.3 Å². The number of carbonyl (C=O) groups excluding carboxylic acids is 2. The third-order valence-electron chi connectivity index (χ3n) is 4.51. The van der Waals surface area contributed by atoms with Crippen LogP contribution in [0.2, 0.25) is 10.0 Å². The van der Waals surface area contributed by atoms with Crippen LogP contribution in [0.1, 0.15) is 19.0 Å². The van der Waals surface area contributed by atoms with E-state index in [1.54, 1.807) is 29.3 Å². The number of pyridine rings is 1. The summed E-state index contributed by atoms with van der Waals surface area (Å²) in [5, 5.41) is 1.18. The van der Waals surface area contributed by atoms with E-state index >= 15 is 0 Å². The molecule has 152 valence electrons. The lowest BCUT2D eigenvalue weighted by Gasteiger charge is -2.21. The Hall–Kier alpha value is -2.57. The van der Waals surface area contributed by atoms with E-state index in [-0.39, 0.29) is 18.9 Å². The molecule has 0 bridgehead atoms. The van der Waals surface area contributed by atoms with Crippen LogP contribution in [0.15, 0.2) is 42.6 Å². The van der Waals surface area contributed by atoms with Crippen LogP contribution < -0.4 is 0 Å². The standard InChI is InChI=1S/C21H21Cl2N3O3/c1-2-9-25(10-11-29-14-27)20(28)12-18-21(15-3-5-16(22)6-4-15)24-19-8-7-17(23)13-26(18)19/h3-8,13-14H,2,9-12H2,1H3. The first-order valence-electron chi connectivity index (χ1n) is 9.29. The van der Waals surface area contributed by atoms with E-state index in [9.17, 15) is 9.59 Å². The highest BCUT2D eigenvalue weighted by Crippen LogP contribution is 2.27. The average Bonchev–Trinajstić information content (AvgIpc) is 3.05. The summed E-state index contributed by atoms with van der Waals surface area (Å²) in [7, 11) is 0. The normalized spacial score (nSPS) is 10.9. The Morgan fingerprint density at radius 1 is 1.14 bits per heavy atom. The van der Waals surface area contributed by atoms with Crippen LogP contribution in [0, 0.1) is 0 Å². The SMILES string of the molecule is CCCN(CCOC=O)C(=O)Cc1c(-c2ccc(Cl)cc2)nc2ccc(Cl)cn12. The smallest absolute Gasteiger partial charge is 0.293 e. The van der Waals surface area contributed by atoms with Gasteiger partial charge in [-0.15, -0.1) is 0 Å². The number of carbonyl (C=O) groups is 2. The topological polar surface area (TPSA) is 63.9 Å². The number of nitrogens with zero attached hydrogens (tertiary/aromatic N) is 3. The highest BCUT2D eigenvalue weighted by molar-refractivity contribution is 6.30. The molecule has 3 rings (SSSR count). The lowest BCUT2D eigenvalue weighted by atomic mass is 10.1. The Balaban J connectivity index is 1.98. The summed E-state index contributed by atoms with van der Waals surface area (Å²) in [6.07, 6.45) is 2.70. The summed E-state index contributed by atoms with van der Waals surface area (Å²) in [5.41, 5.74) is 3.02. The predicted molar refractivity (Wildman–Crippen MR) is 113 cm³/mol. The van der Waals surface area contributed by atoms with Gasteiger partial charge in [-0.25, -0.2) is 4.98 Å². The van der Waals surface area contributed by atoms with Gasteiger partial charge in [0.25, 0.3) is 6.47 Å². The van der Waals surface area contributed by atoms with Crippen molar-refractivity contribution in [3.8, 4) is 11.3 Å². The molecule has 0 saturated heterocycles. The zero-order valence-electron chi connectivity index (χ0n) is 16.0. The molecule has 2 aromatic heterocycles. The second kappa shape index (κ2) is 9.76. The number of ether oxygens (including phenoxy) is 1. The summed E-state index contributed by atoms with van der Waals surface area (Å²) in [6.45, 7) is 3.47. The van der Waals surface area contributed by atoms with Crippen LogP contribution in [0.4, 0.5) is 0 Å². The summed E-state index contributed by atoms with van der Waals surface area (Å²) < 4.78 is 6.61. The van der Waals surface area contributed by atoms with Crippen LogP contribution in [-0.2, 0) is 20.7 Å². The molecule has 1 aromatic carbocycles. The molecule has 0 spiro atoms. The number of halogens is 2. The highest BCUT2D eigenvalue weighted by atomic mass is 35.5. The molecule has 0 fully saturated rings. The van der Waals surface area contributed by atoms with Crippen molar-refractivity contribution >= 4 is 41.2 Å². The minimum atomic E-state index is -0.0710. The second-order valence-corrected chi connectivity index (χ2v) is 7.39. The molecule has 0 aliphatic carbocycles. The number of imidazole rings is 1. The first-order valence-corrected chi connectivity index (χ1v) is 10.0. The van der Waals surface area contributed by atoms with Gasteiger partial charge in [0, 0.05) is 23.3 Å². The van der Waals surface area contributed by atoms with Crippen LogP contribution in [0.3, 0.4) is 0 Å². The summed E-state index contributed by atoms with van der Waals surface area (Å²) in [6, 6.07) is 10.9. The Labute approximate surface area is 179 Å². The van der Waals surface area contributed by atoms with Crippen molar-refractivity contribution < 1.29 is 14.3 Å². The zero-order chi connectivity index (χ0) is 20.8. The van der Waals surface area contributed by atoms with E-state index in [1.807, 2.05) is 29.5 Å². The van der Waals surface area contributed by atoms with E-state index in [0.717, 1.165) is 17.7 Å². The number of hydrogen-bond donors (Lipinski definition) is 0. The van der Waals surface area contributed by atoms with Gasteiger partial charge in [0.15, 0.2) is 0 Å². The predicted octanol–water partition coefficient (Wildman–Crippen LogP) is 4.26. The lowest BCUT2D eigenvalue weighted by molar-refractivity contribution is -0.135. The maximum Gasteiger partial charge on any atom is 0.293 e. The lowest BCUT2D eigenvalue weighted by Crippen LogP contribution is -2.36. The molecule has 1 amide bonds. The van der Waals surface area contributed by atoms with Gasteiger partial charge in [-0.3, -0.25) is 9.59 Å². The monoisotopic (exact) mass is 433 g/mol. The fourth-order valence-corrected chi connectivity index (χ4v) is 3.46. The van der Waals surface area contributed by atoms with Gasteiger partial charge in [-0.05, 0) is 30.7 Å². The van der Waals surface area contributed by atoms with E-state index in [4.69, 9.17) is 32.9 Å². The quantitative estimate of drug-likeness (QED) is 0.373. The number of hydrogen-bond acceptors (Lipinski definition) is 4. The minimum absolute atomic E-state index is 0.0710. The third kappa shape index (κ3) is 5.08. The van der Waals surface area contributed by atoms with Crippen LogP contribution >= 0.6 is 23.2 Å². The van der Waals surface area contributed by atoms with Gasteiger partial charge >= 0.3 is 0 Å². The molecule has 0 aliphatic rings. The summed E-state index contributed by atoms with van der Waals surface area (Å²) in [4.78, 5) is 29.9. The van der Waals surface area contributed by atoms with Gasteiger partial charge in [-0.1, -0.05) is 42.3 Å². The molecule has 0 atom stereocenters. The fourth-order valence-electron chi connectivity index (χ4n) is 3.17. The highest BCUT2D eigenvalue weighted by Gasteiger charge is 2.21. The number of fused-ring (bicyclic) bond motifs is 1. The van der Waals surface area contributed by atoms with Gasteiger partial charge in [-0.2, -0.15) is 0 Å². The van der Waals surface area contributed by atoms with E-state index < -0.39 is 0 Å². The Kier molecular flexibility index (Phi) is 7.12. The summed E-state index contributed by atoms with van der Waals surface area (Å²) >= 11 is 12.2. The first-order chi connectivity index (χ1) is 14.0. The van der Waals surface area contributed by atoms with Crippen LogP contribution in [0.25, 0.3) is 16.9 Å². The van der Waals surface area contributed by atoms with E-state index in [2.05, 4.69) is 0 Å². The molecule has 0 unspecified atom stereocenters. The number of amides is 1. The maximum atomic E-state index is 13.0. The van der Waals surface area contributed by atoms with Gasteiger partial charge in [0.2, 0.25) is 5.91 Å². The Bertz CT molecular complexity index is 1000. The largest absolute Gasteiger partial charge is 0.466 e. The Morgan fingerprint density at radius 2 is 1.86 bits per heavy atom.